The van der Waals surface area contributed by atoms with Gasteiger partial charge in [0.1, 0.15) is 6.07 Å². The number of fused-ring (bicyclic) bond motifs is 7. The van der Waals surface area contributed by atoms with Crippen LogP contribution in [-0.4, -0.2) is 36.4 Å². The van der Waals surface area contributed by atoms with Crippen LogP contribution >= 0.6 is 0 Å². The summed E-state index contributed by atoms with van der Waals surface area (Å²) in [6.45, 7) is 17.3. The zero-order valence-electron chi connectivity index (χ0n) is 24.6. The van der Waals surface area contributed by atoms with Crippen LogP contribution in [0.5, 0.6) is 0 Å². The maximum atomic E-state index is 14.5. The summed E-state index contributed by atoms with van der Waals surface area (Å²) in [5, 5.41) is 22.9. The Morgan fingerprint density at radius 3 is 2.42 bits per heavy atom. The van der Waals surface area contributed by atoms with Gasteiger partial charge in [0.25, 0.3) is 0 Å². The topological polar surface area (TPSA) is 90.2 Å². The molecule has 2 N–H and O–H groups in total. The fraction of sp³-hybridized carbons (Fsp3) is 0.788. The van der Waals surface area contributed by atoms with E-state index < -0.39 is 10.8 Å². The molecule has 5 aliphatic rings. The minimum atomic E-state index is -0.634. The Labute approximate surface area is 229 Å². The molecule has 0 aromatic heterocycles. The molecular formula is C33H48N2O3. The second kappa shape index (κ2) is 8.87. The third kappa shape index (κ3) is 3.41. The molecule has 3 fully saturated rings. The van der Waals surface area contributed by atoms with Gasteiger partial charge in [-0.2, -0.15) is 5.26 Å². The van der Waals surface area contributed by atoms with Crippen LogP contribution in [0.3, 0.4) is 0 Å². The quantitative estimate of drug-likeness (QED) is 0.468. The molecule has 0 aromatic rings. The summed E-state index contributed by atoms with van der Waals surface area (Å²) < 4.78 is 0. The first-order valence-corrected chi connectivity index (χ1v) is 15.0. The average Bonchev–Trinajstić information content (AvgIpc) is 2.86. The number of carbonyl (C=O) groups excluding carboxylic acids is 2. The van der Waals surface area contributed by atoms with Crippen LogP contribution in [0, 0.1) is 68.0 Å². The van der Waals surface area contributed by atoms with Gasteiger partial charge in [0.15, 0.2) is 11.6 Å². The van der Waals surface area contributed by atoms with Crippen molar-refractivity contribution in [3.05, 3.63) is 23.3 Å². The van der Waals surface area contributed by atoms with Gasteiger partial charge in [-0.05, 0) is 84.5 Å². The van der Waals surface area contributed by atoms with Gasteiger partial charge >= 0.3 is 0 Å². The first-order valence-electron chi connectivity index (χ1n) is 15.0. The molecule has 0 bridgehead atoms. The molecule has 5 rings (SSSR count). The molecule has 0 saturated heterocycles. The van der Waals surface area contributed by atoms with Gasteiger partial charge in [-0.15, -0.1) is 0 Å². The number of Topliss-reactive ketones (excluding diaryl/α,β-unsaturated/α-hetero) is 1. The Morgan fingerprint density at radius 1 is 1.05 bits per heavy atom. The maximum absolute atomic E-state index is 14.5. The summed E-state index contributed by atoms with van der Waals surface area (Å²) >= 11 is 0. The summed E-state index contributed by atoms with van der Waals surface area (Å²) in [7, 11) is 0. The normalized spacial score (nSPS) is 47.5. The van der Waals surface area contributed by atoms with E-state index in [1.165, 1.54) is 12.0 Å². The molecule has 5 aliphatic carbocycles. The lowest BCUT2D eigenvalue weighted by Gasteiger charge is -2.69. The number of nitrogens with zero attached hydrogens (tertiary/aromatic N) is 1. The van der Waals surface area contributed by atoms with Crippen molar-refractivity contribution in [1.29, 1.82) is 5.26 Å². The molecule has 3 saturated carbocycles. The maximum Gasteiger partial charge on any atom is 0.178 e. The number of rotatable bonds is 4. The highest BCUT2D eigenvalue weighted by Crippen LogP contribution is 2.74. The zero-order valence-corrected chi connectivity index (χ0v) is 24.6. The lowest BCUT2D eigenvalue weighted by atomic mass is 9.34. The van der Waals surface area contributed by atoms with Crippen molar-refractivity contribution in [1.82, 2.24) is 5.32 Å². The number of hydrogen-bond donors (Lipinski definition) is 2. The highest BCUT2D eigenvalue weighted by Gasteiger charge is 2.70. The van der Waals surface area contributed by atoms with E-state index >= 15 is 0 Å². The molecule has 0 unspecified atom stereocenters. The summed E-state index contributed by atoms with van der Waals surface area (Å²) in [6, 6.07) is 2.20. The van der Waals surface area contributed by atoms with E-state index in [4.69, 9.17) is 0 Å². The molecule has 9 atom stereocenters. The molecule has 38 heavy (non-hydrogen) atoms. The predicted octanol–water partition coefficient (Wildman–Crippen LogP) is 5.64. The van der Waals surface area contributed by atoms with E-state index in [9.17, 15) is 20.0 Å². The van der Waals surface area contributed by atoms with Crippen LogP contribution < -0.4 is 5.32 Å². The van der Waals surface area contributed by atoms with Crippen molar-refractivity contribution >= 4 is 11.6 Å². The van der Waals surface area contributed by atoms with E-state index in [0.717, 1.165) is 38.6 Å². The first kappa shape index (κ1) is 27.8. The molecule has 0 heterocycles. The Balaban J connectivity index is 1.66. The number of nitrogens with one attached hydrogen (secondary N) is 1. The van der Waals surface area contributed by atoms with E-state index in [1.807, 2.05) is 26.0 Å². The van der Waals surface area contributed by atoms with Crippen LogP contribution in [0.25, 0.3) is 0 Å². The molecule has 0 aliphatic heterocycles. The van der Waals surface area contributed by atoms with Crippen LogP contribution in [-0.2, 0) is 9.59 Å². The number of nitriles is 1. The average molecular weight is 521 g/mol. The molecule has 0 radical (unpaired) electrons. The third-order valence-electron chi connectivity index (χ3n) is 13.2. The molecule has 5 heteroatoms. The Hall–Kier alpha value is -1.77. The largest absolute Gasteiger partial charge is 0.395 e. The molecular weight excluding hydrogens is 472 g/mol. The minimum absolute atomic E-state index is 0.0310. The molecule has 0 spiro atoms. The van der Waals surface area contributed by atoms with Crippen LogP contribution in [0.1, 0.15) is 87.0 Å². The summed E-state index contributed by atoms with van der Waals surface area (Å²) in [4.78, 5) is 27.8. The first-order chi connectivity index (χ1) is 17.7. The summed E-state index contributed by atoms with van der Waals surface area (Å²) in [5.41, 5.74) is 0.0379. The lowest BCUT2D eigenvalue weighted by Crippen LogP contribution is -2.66. The van der Waals surface area contributed by atoms with Crippen molar-refractivity contribution in [2.24, 2.45) is 56.7 Å². The fourth-order valence-corrected chi connectivity index (χ4v) is 10.7. The van der Waals surface area contributed by atoms with Crippen molar-refractivity contribution in [2.75, 3.05) is 19.7 Å². The number of hydrogen-bond acceptors (Lipinski definition) is 5. The third-order valence-corrected chi connectivity index (χ3v) is 13.2. The van der Waals surface area contributed by atoms with Crippen molar-refractivity contribution in [2.45, 2.75) is 87.0 Å². The fourth-order valence-electron chi connectivity index (χ4n) is 10.7. The summed E-state index contributed by atoms with van der Waals surface area (Å²) in [6.07, 6.45) is 10.3. The smallest absolute Gasteiger partial charge is 0.178 e. The van der Waals surface area contributed by atoms with E-state index in [0.29, 0.717) is 24.3 Å². The monoisotopic (exact) mass is 520 g/mol. The second-order valence-corrected chi connectivity index (χ2v) is 14.9. The SMILES string of the molecule is C[C@@H]1[C@H]2[C@H]3C(=O)C=C4[C@@]5(C)C=C(C#N)C(=O)C(C)(C)[C@@H]5CC[C@@]4(C)[C@]3(C)CC[C@@]2(CNCCO)CC[C@H]1C. The van der Waals surface area contributed by atoms with Crippen molar-refractivity contribution in [3.8, 4) is 6.07 Å². The van der Waals surface area contributed by atoms with E-state index in [2.05, 4.69) is 46.0 Å². The van der Waals surface area contributed by atoms with Crippen LogP contribution in [0.4, 0.5) is 0 Å². The standard InChI is InChI=1S/C33H48N2O3/c1-20-8-11-33(19-35-14-15-36)13-12-32(7)27(26(33)21(20)2)23(37)16-25-30(5)17-22(18-34)28(38)29(3,4)24(30)9-10-31(25,32)6/h16-17,20-21,24,26-27,35-36H,8-15,19H2,1-7H3/t20-,21+,24+,26+,27-,30+,31-,32-,33-/m1/s1. The minimum Gasteiger partial charge on any atom is -0.395 e. The molecule has 208 valence electrons. The Kier molecular flexibility index (Phi) is 6.48. The summed E-state index contributed by atoms with van der Waals surface area (Å²) in [5.74, 6) is 1.59. The highest BCUT2D eigenvalue weighted by molar-refractivity contribution is 6.04. The zero-order chi connectivity index (χ0) is 27.9. The van der Waals surface area contributed by atoms with Crippen molar-refractivity contribution in [3.63, 3.8) is 0 Å². The van der Waals surface area contributed by atoms with Gasteiger partial charge in [0, 0.05) is 29.8 Å². The number of aliphatic hydroxyl groups is 1. The van der Waals surface area contributed by atoms with Gasteiger partial charge in [0.05, 0.1) is 12.2 Å². The van der Waals surface area contributed by atoms with Gasteiger partial charge in [-0.3, -0.25) is 9.59 Å². The Bertz CT molecular complexity index is 1150. The number of carbonyl (C=O) groups is 2. The van der Waals surface area contributed by atoms with E-state index in [-0.39, 0.29) is 51.8 Å². The molecule has 0 aromatic carbocycles. The lowest BCUT2D eigenvalue weighted by molar-refractivity contribution is -0.176. The van der Waals surface area contributed by atoms with Gasteiger partial charge in [-0.25, -0.2) is 0 Å². The highest BCUT2D eigenvalue weighted by atomic mass is 16.3. The van der Waals surface area contributed by atoms with Crippen molar-refractivity contribution < 1.29 is 14.7 Å². The van der Waals surface area contributed by atoms with Gasteiger partial charge in [0.2, 0.25) is 0 Å². The van der Waals surface area contributed by atoms with Gasteiger partial charge < -0.3 is 10.4 Å². The predicted molar refractivity (Wildman–Crippen MR) is 149 cm³/mol. The van der Waals surface area contributed by atoms with E-state index in [1.54, 1.807) is 0 Å². The molecule has 5 nitrogen and oxygen atoms in total. The number of aliphatic hydroxyl groups excluding tert-OH is 1. The number of allylic oxidation sites excluding steroid dienone is 4. The second-order valence-electron chi connectivity index (χ2n) is 14.9. The number of ketones is 2. The Morgan fingerprint density at radius 2 is 1.76 bits per heavy atom. The molecule has 0 amide bonds. The van der Waals surface area contributed by atoms with Crippen LogP contribution in [0.2, 0.25) is 0 Å². The van der Waals surface area contributed by atoms with Crippen LogP contribution in [0.15, 0.2) is 23.3 Å². The van der Waals surface area contributed by atoms with Gasteiger partial charge in [-0.1, -0.05) is 60.1 Å².